The van der Waals surface area contributed by atoms with E-state index in [2.05, 4.69) is 12.2 Å². The number of thiophene rings is 1. The molecule has 0 saturated heterocycles. The Hall–Kier alpha value is -1.89. The first-order valence-electron chi connectivity index (χ1n) is 9.69. The Labute approximate surface area is 164 Å². The molecule has 0 radical (unpaired) electrons. The number of anilines is 1. The lowest BCUT2D eigenvalue weighted by Crippen LogP contribution is -2.25. The summed E-state index contributed by atoms with van der Waals surface area (Å²) >= 11 is 1.42. The molecule has 0 bridgehead atoms. The Kier molecular flexibility index (Phi) is 7.83. The highest BCUT2D eigenvalue weighted by atomic mass is 32.1. The van der Waals surface area contributed by atoms with E-state index in [0.29, 0.717) is 29.3 Å². The summed E-state index contributed by atoms with van der Waals surface area (Å²) in [6.45, 7) is 7.70. The van der Waals surface area contributed by atoms with Crippen molar-refractivity contribution in [3.8, 4) is 0 Å². The van der Waals surface area contributed by atoms with Crippen LogP contribution in [0.1, 0.15) is 67.8 Å². The maximum absolute atomic E-state index is 12.4. The number of rotatable bonds is 8. The number of carbonyl (C=O) groups excluding carboxylic acids is 3. The van der Waals surface area contributed by atoms with E-state index < -0.39 is 11.9 Å². The van der Waals surface area contributed by atoms with Gasteiger partial charge in [-0.25, -0.2) is 4.79 Å². The van der Waals surface area contributed by atoms with E-state index in [1.54, 1.807) is 6.92 Å². The molecule has 6 nitrogen and oxygen atoms in total. The predicted octanol–water partition coefficient (Wildman–Crippen LogP) is 3.97. The largest absolute Gasteiger partial charge is 0.462 e. The van der Waals surface area contributed by atoms with Crippen molar-refractivity contribution in [2.45, 2.75) is 59.8 Å². The van der Waals surface area contributed by atoms with E-state index >= 15 is 0 Å². The number of amides is 1. The zero-order chi connectivity index (χ0) is 20.0. The van der Waals surface area contributed by atoms with E-state index in [9.17, 15) is 14.4 Å². The summed E-state index contributed by atoms with van der Waals surface area (Å²) in [6, 6.07) is 0. The molecule has 0 aliphatic heterocycles. The molecular formula is C20H29NO5S. The topological polar surface area (TPSA) is 81.7 Å². The van der Waals surface area contributed by atoms with Gasteiger partial charge in [0.15, 0.2) is 6.61 Å². The molecule has 150 valence electrons. The Morgan fingerprint density at radius 3 is 2.52 bits per heavy atom. The summed E-state index contributed by atoms with van der Waals surface area (Å²) in [4.78, 5) is 37.8. The Bertz CT molecular complexity index is 693. The van der Waals surface area contributed by atoms with Crippen LogP contribution in [0.3, 0.4) is 0 Å². The van der Waals surface area contributed by atoms with Crippen LogP contribution in [-0.4, -0.2) is 31.1 Å². The lowest BCUT2D eigenvalue weighted by molar-refractivity contribution is -0.151. The van der Waals surface area contributed by atoms with Crippen molar-refractivity contribution < 1.29 is 23.9 Å². The lowest BCUT2D eigenvalue weighted by atomic mass is 9.88. The van der Waals surface area contributed by atoms with Crippen molar-refractivity contribution in [2.75, 3.05) is 18.5 Å². The van der Waals surface area contributed by atoms with Gasteiger partial charge >= 0.3 is 11.9 Å². The SMILES string of the molecule is CCOC(=O)c1c(NC(=O)COC(=O)C(CC)CC)sc2c1CC[C@@H](C)C2. The molecule has 1 aliphatic rings. The van der Waals surface area contributed by atoms with Gasteiger partial charge in [-0.05, 0) is 50.5 Å². The zero-order valence-electron chi connectivity index (χ0n) is 16.6. The number of nitrogens with one attached hydrogen (secondary N) is 1. The highest BCUT2D eigenvalue weighted by Crippen LogP contribution is 2.40. The third kappa shape index (κ3) is 5.31. The van der Waals surface area contributed by atoms with Crippen molar-refractivity contribution in [1.82, 2.24) is 0 Å². The van der Waals surface area contributed by atoms with Gasteiger partial charge in [0.25, 0.3) is 5.91 Å². The third-order valence-corrected chi connectivity index (χ3v) is 6.08. The normalized spacial score (nSPS) is 16.0. The van der Waals surface area contributed by atoms with Gasteiger partial charge in [0.1, 0.15) is 5.00 Å². The maximum Gasteiger partial charge on any atom is 0.341 e. The first kappa shape index (κ1) is 21.4. The number of carbonyl (C=O) groups is 3. The van der Waals surface area contributed by atoms with Crippen LogP contribution in [0, 0.1) is 11.8 Å². The molecule has 0 fully saturated rings. The van der Waals surface area contributed by atoms with Crippen LogP contribution in [0.5, 0.6) is 0 Å². The minimum absolute atomic E-state index is 0.191. The second-order valence-electron chi connectivity index (χ2n) is 6.95. The quantitative estimate of drug-likeness (QED) is 0.674. The second-order valence-corrected chi connectivity index (χ2v) is 8.05. The van der Waals surface area contributed by atoms with Gasteiger partial charge in [-0.3, -0.25) is 9.59 Å². The molecule has 27 heavy (non-hydrogen) atoms. The van der Waals surface area contributed by atoms with E-state index in [1.165, 1.54) is 11.3 Å². The van der Waals surface area contributed by atoms with Crippen molar-refractivity contribution in [1.29, 1.82) is 0 Å². The van der Waals surface area contributed by atoms with Gasteiger partial charge < -0.3 is 14.8 Å². The summed E-state index contributed by atoms with van der Waals surface area (Å²) in [5.41, 5.74) is 1.45. The van der Waals surface area contributed by atoms with Crippen LogP contribution in [0.25, 0.3) is 0 Å². The summed E-state index contributed by atoms with van der Waals surface area (Å²) in [5.74, 6) is -0.848. The number of hydrogen-bond donors (Lipinski definition) is 1. The molecule has 1 aliphatic carbocycles. The van der Waals surface area contributed by atoms with Gasteiger partial charge in [0.2, 0.25) is 0 Å². The van der Waals surface area contributed by atoms with E-state index in [-0.39, 0.29) is 25.1 Å². The molecule has 1 aromatic rings. The summed E-state index contributed by atoms with van der Waals surface area (Å²) in [6.07, 6.45) is 4.07. The molecule has 0 spiro atoms. The Morgan fingerprint density at radius 2 is 1.89 bits per heavy atom. The van der Waals surface area contributed by atoms with Crippen LogP contribution in [-0.2, 0) is 31.9 Å². The summed E-state index contributed by atoms with van der Waals surface area (Å²) in [7, 11) is 0. The molecule has 7 heteroatoms. The van der Waals surface area contributed by atoms with E-state index in [4.69, 9.17) is 9.47 Å². The number of esters is 2. The Morgan fingerprint density at radius 1 is 1.19 bits per heavy atom. The molecule has 1 N–H and O–H groups in total. The average molecular weight is 396 g/mol. The minimum atomic E-state index is -0.438. The monoisotopic (exact) mass is 395 g/mol. The van der Waals surface area contributed by atoms with Crippen molar-refractivity contribution >= 4 is 34.2 Å². The lowest BCUT2D eigenvalue weighted by Gasteiger charge is -2.18. The number of fused-ring (bicyclic) bond motifs is 1. The third-order valence-electron chi connectivity index (χ3n) is 4.91. The number of hydrogen-bond acceptors (Lipinski definition) is 6. The molecule has 0 saturated carbocycles. The highest BCUT2D eigenvalue weighted by Gasteiger charge is 2.29. The van der Waals surface area contributed by atoms with Gasteiger partial charge in [-0.1, -0.05) is 20.8 Å². The fourth-order valence-electron chi connectivity index (χ4n) is 3.30. The van der Waals surface area contributed by atoms with Crippen molar-refractivity contribution in [3.63, 3.8) is 0 Å². The van der Waals surface area contributed by atoms with Crippen molar-refractivity contribution in [2.24, 2.45) is 11.8 Å². The Balaban J connectivity index is 2.11. The molecule has 1 aromatic heterocycles. The van der Waals surface area contributed by atoms with Crippen LogP contribution < -0.4 is 5.32 Å². The predicted molar refractivity (Wildman–Crippen MR) is 105 cm³/mol. The van der Waals surface area contributed by atoms with Gasteiger partial charge in [0, 0.05) is 4.88 Å². The average Bonchev–Trinajstić information content (AvgIpc) is 2.98. The standard InChI is InChI=1S/C20H29NO5S/c1-5-13(6-2)19(23)26-11-16(22)21-18-17(20(24)25-7-3)14-9-8-12(4)10-15(14)27-18/h12-13H,5-11H2,1-4H3,(H,21,22)/t12-/m1/s1. The minimum Gasteiger partial charge on any atom is -0.462 e. The first-order valence-corrected chi connectivity index (χ1v) is 10.5. The van der Waals surface area contributed by atoms with E-state index in [0.717, 1.165) is 29.7 Å². The van der Waals surface area contributed by atoms with E-state index in [1.807, 2.05) is 13.8 Å². The fraction of sp³-hybridized carbons (Fsp3) is 0.650. The van der Waals surface area contributed by atoms with Gasteiger partial charge in [0.05, 0.1) is 18.1 Å². The molecule has 0 unspecified atom stereocenters. The number of ether oxygens (including phenoxy) is 2. The summed E-state index contributed by atoms with van der Waals surface area (Å²) < 4.78 is 10.3. The summed E-state index contributed by atoms with van der Waals surface area (Å²) in [5, 5.41) is 3.25. The highest BCUT2D eigenvalue weighted by molar-refractivity contribution is 7.17. The van der Waals surface area contributed by atoms with Gasteiger partial charge in [-0.2, -0.15) is 0 Å². The molecular weight excluding hydrogens is 366 g/mol. The second kappa shape index (κ2) is 9.88. The zero-order valence-corrected chi connectivity index (χ0v) is 17.4. The first-order chi connectivity index (χ1) is 12.9. The van der Waals surface area contributed by atoms with Crippen molar-refractivity contribution in [3.05, 3.63) is 16.0 Å². The van der Waals surface area contributed by atoms with Crippen LogP contribution in [0.15, 0.2) is 0 Å². The van der Waals surface area contributed by atoms with Gasteiger partial charge in [-0.15, -0.1) is 11.3 Å². The molecule has 1 amide bonds. The molecule has 0 aromatic carbocycles. The van der Waals surface area contributed by atoms with Crippen LogP contribution >= 0.6 is 11.3 Å². The molecule has 2 rings (SSSR count). The molecule has 1 heterocycles. The maximum atomic E-state index is 12.4. The fourth-order valence-corrected chi connectivity index (χ4v) is 4.71. The van der Waals surface area contributed by atoms with Crippen LogP contribution in [0.4, 0.5) is 5.00 Å². The smallest absolute Gasteiger partial charge is 0.341 e. The van der Waals surface area contributed by atoms with Crippen LogP contribution in [0.2, 0.25) is 0 Å². The molecule has 1 atom stereocenters.